The van der Waals surface area contributed by atoms with Gasteiger partial charge in [0.25, 0.3) is 0 Å². The average Bonchev–Trinajstić information content (AvgIpc) is 3.00. The molecule has 1 heterocycles. The van der Waals surface area contributed by atoms with Crippen molar-refractivity contribution in [3.05, 3.63) is 53.8 Å². The van der Waals surface area contributed by atoms with Crippen LogP contribution in [0.25, 0.3) is 11.1 Å². The first-order valence-corrected chi connectivity index (χ1v) is 8.39. The number of benzene rings is 2. The van der Waals surface area contributed by atoms with E-state index in [9.17, 15) is 14.0 Å². The zero-order valence-electron chi connectivity index (χ0n) is 14.5. The molecule has 27 heavy (non-hydrogen) atoms. The molecule has 7 nitrogen and oxygen atoms in total. The van der Waals surface area contributed by atoms with Gasteiger partial charge in [-0.25, -0.2) is 9.18 Å². The van der Waals surface area contributed by atoms with E-state index in [2.05, 4.69) is 0 Å². The van der Waals surface area contributed by atoms with Crippen LogP contribution >= 0.6 is 0 Å². The normalized spacial score (nSPS) is 13.9. The number of hydrogen-bond donors (Lipinski definition) is 3. The third-order valence-corrected chi connectivity index (χ3v) is 4.46. The molecule has 1 saturated heterocycles. The standard InChI is InChI=1S/C19H19FN4O3/c20-16-11-13(3-6-15(16)18(21)22)12-1-4-14(5-2-12)24-10-9-23(19(24)27)8-7-17(25)26/h1-6,11H,7-10H2,(H3,21,22)(H,25,26). The molecular formula is C19H19FN4O3. The largest absolute Gasteiger partial charge is 0.481 e. The zero-order valence-corrected chi connectivity index (χ0v) is 14.5. The minimum absolute atomic E-state index is 0.0551. The Hall–Kier alpha value is -3.42. The van der Waals surface area contributed by atoms with Crippen molar-refractivity contribution in [2.75, 3.05) is 24.5 Å². The van der Waals surface area contributed by atoms with E-state index in [1.165, 1.54) is 17.0 Å². The summed E-state index contributed by atoms with van der Waals surface area (Å²) in [7, 11) is 0. The average molecular weight is 370 g/mol. The summed E-state index contributed by atoms with van der Waals surface area (Å²) in [5.41, 5.74) is 7.48. The van der Waals surface area contributed by atoms with E-state index < -0.39 is 11.8 Å². The summed E-state index contributed by atoms with van der Waals surface area (Å²) in [5, 5.41) is 16.1. The lowest BCUT2D eigenvalue weighted by atomic mass is 10.0. The number of nitrogens with one attached hydrogen (secondary N) is 1. The zero-order chi connectivity index (χ0) is 19.6. The van der Waals surface area contributed by atoms with Crippen LogP contribution in [-0.2, 0) is 4.79 Å². The molecule has 0 aliphatic carbocycles. The van der Waals surface area contributed by atoms with Gasteiger partial charge in [0.15, 0.2) is 0 Å². The summed E-state index contributed by atoms with van der Waals surface area (Å²) in [5.74, 6) is -1.82. The number of nitrogens with zero attached hydrogens (tertiary/aromatic N) is 2. The molecule has 0 radical (unpaired) electrons. The molecule has 3 rings (SSSR count). The number of nitrogens with two attached hydrogens (primary N) is 1. The summed E-state index contributed by atoms with van der Waals surface area (Å²) >= 11 is 0. The first kappa shape index (κ1) is 18.4. The van der Waals surface area contributed by atoms with Crippen LogP contribution in [0, 0.1) is 11.2 Å². The van der Waals surface area contributed by atoms with E-state index in [1.54, 1.807) is 35.2 Å². The molecule has 1 aliphatic rings. The molecule has 0 bridgehead atoms. The monoisotopic (exact) mass is 370 g/mol. The maximum atomic E-state index is 14.0. The highest BCUT2D eigenvalue weighted by molar-refractivity contribution is 5.96. The van der Waals surface area contributed by atoms with E-state index in [4.69, 9.17) is 16.2 Å². The number of carboxylic acids is 1. The number of carboxylic acid groups (broad SMARTS) is 1. The molecule has 0 atom stereocenters. The fraction of sp³-hybridized carbons (Fsp3) is 0.211. The predicted molar refractivity (Wildman–Crippen MR) is 99.4 cm³/mol. The molecule has 0 saturated carbocycles. The molecule has 8 heteroatoms. The van der Waals surface area contributed by atoms with Crippen LogP contribution in [0.2, 0.25) is 0 Å². The number of urea groups is 1. The number of rotatable bonds is 6. The van der Waals surface area contributed by atoms with Crippen molar-refractivity contribution in [3.63, 3.8) is 0 Å². The summed E-state index contributed by atoms with van der Waals surface area (Å²) in [6.45, 7) is 1.15. The van der Waals surface area contributed by atoms with Crippen molar-refractivity contribution in [2.24, 2.45) is 5.73 Å². The molecule has 1 fully saturated rings. The van der Waals surface area contributed by atoms with E-state index in [0.717, 1.165) is 5.56 Å². The topological polar surface area (TPSA) is 111 Å². The molecule has 0 unspecified atom stereocenters. The number of aliphatic carboxylic acids is 1. The van der Waals surface area contributed by atoms with Gasteiger partial charge in [0.1, 0.15) is 11.7 Å². The Bertz CT molecular complexity index is 898. The highest BCUT2D eigenvalue weighted by atomic mass is 19.1. The Labute approximate surface area is 155 Å². The van der Waals surface area contributed by atoms with Crippen LogP contribution in [-0.4, -0.2) is 47.5 Å². The summed E-state index contributed by atoms with van der Waals surface area (Å²) < 4.78 is 14.0. The predicted octanol–water partition coefficient (Wildman–Crippen LogP) is 2.49. The number of carbonyl (C=O) groups is 2. The van der Waals surface area contributed by atoms with E-state index in [1.807, 2.05) is 0 Å². The van der Waals surface area contributed by atoms with E-state index >= 15 is 0 Å². The Morgan fingerprint density at radius 1 is 1.15 bits per heavy atom. The van der Waals surface area contributed by atoms with E-state index in [0.29, 0.717) is 24.3 Å². The van der Waals surface area contributed by atoms with Crippen LogP contribution in [0.5, 0.6) is 0 Å². The minimum atomic E-state index is -0.936. The molecule has 0 spiro atoms. The number of halogens is 1. The Balaban J connectivity index is 1.74. The van der Waals surface area contributed by atoms with Gasteiger partial charge >= 0.3 is 12.0 Å². The lowest BCUT2D eigenvalue weighted by molar-refractivity contribution is -0.137. The number of carbonyl (C=O) groups excluding carboxylic acids is 1. The van der Waals surface area contributed by atoms with Gasteiger partial charge in [0.2, 0.25) is 0 Å². The van der Waals surface area contributed by atoms with Gasteiger partial charge in [-0.1, -0.05) is 18.2 Å². The number of nitrogen functional groups attached to an aromatic ring is 1. The lowest BCUT2D eigenvalue weighted by Crippen LogP contribution is -2.33. The molecule has 1 aliphatic heterocycles. The van der Waals surface area contributed by atoms with Gasteiger partial charge in [-0.15, -0.1) is 0 Å². The van der Waals surface area contributed by atoms with Gasteiger partial charge in [-0.3, -0.25) is 15.1 Å². The number of amides is 2. The van der Waals surface area contributed by atoms with Gasteiger partial charge in [-0.2, -0.15) is 0 Å². The SMILES string of the molecule is N=C(N)c1ccc(-c2ccc(N3CCN(CCC(=O)O)C3=O)cc2)cc1F. The fourth-order valence-electron chi connectivity index (χ4n) is 3.01. The molecule has 2 amide bonds. The van der Waals surface area contributed by atoms with Crippen LogP contribution < -0.4 is 10.6 Å². The van der Waals surface area contributed by atoms with Crippen LogP contribution in [0.4, 0.5) is 14.9 Å². The van der Waals surface area contributed by atoms with Gasteiger partial charge in [-0.05, 0) is 35.4 Å². The number of hydrogen-bond acceptors (Lipinski definition) is 3. The maximum absolute atomic E-state index is 14.0. The van der Waals surface area contributed by atoms with Crippen LogP contribution in [0.1, 0.15) is 12.0 Å². The summed E-state index contributed by atoms with van der Waals surface area (Å²) in [4.78, 5) is 26.2. The second kappa shape index (κ2) is 7.45. The number of anilines is 1. The van der Waals surface area contributed by atoms with Crippen molar-refractivity contribution < 1.29 is 19.1 Å². The highest BCUT2D eigenvalue weighted by Gasteiger charge is 2.29. The van der Waals surface area contributed by atoms with Crippen LogP contribution in [0.15, 0.2) is 42.5 Å². The van der Waals surface area contributed by atoms with Crippen molar-refractivity contribution in [3.8, 4) is 11.1 Å². The summed E-state index contributed by atoms with van der Waals surface area (Å²) in [6, 6.07) is 11.3. The van der Waals surface area contributed by atoms with Crippen molar-refractivity contribution >= 4 is 23.5 Å². The summed E-state index contributed by atoms with van der Waals surface area (Å²) in [6.07, 6.45) is -0.0830. The molecule has 0 aromatic heterocycles. The first-order valence-electron chi connectivity index (χ1n) is 8.39. The third kappa shape index (κ3) is 3.89. The fourth-order valence-corrected chi connectivity index (χ4v) is 3.01. The van der Waals surface area contributed by atoms with Crippen molar-refractivity contribution in [1.82, 2.24) is 4.90 Å². The Morgan fingerprint density at radius 3 is 2.41 bits per heavy atom. The van der Waals surface area contributed by atoms with E-state index in [-0.39, 0.29) is 30.4 Å². The van der Waals surface area contributed by atoms with Crippen molar-refractivity contribution in [2.45, 2.75) is 6.42 Å². The quantitative estimate of drug-likeness (QED) is 0.536. The highest BCUT2D eigenvalue weighted by Crippen LogP contribution is 2.26. The molecular weight excluding hydrogens is 351 g/mol. The van der Waals surface area contributed by atoms with Gasteiger partial charge in [0.05, 0.1) is 12.0 Å². The first-order chi connectivity index (χ1) is 12.9. The Morgan fingerprint density at radius 2 is 1.81 bits per heavy atom. The molecule has 4 N–H and O–H groups in total. The van der Waals surface area contributed by atoms with Crippen molar-refractivity contribution in [1.29, 1.82) is 5.41 Å². The third-order valence-electron chi connectivity index (χ3n) is 4.46. The van der Waals surface area contributed by atoms with Crippen LogP contribution in [0.3, 0.4) is 0 Å². The second-order valence-electron chi connectivity index (χ2n) is 6.22. The molecule has 2 aromatic rings. The smallest absolute Gasteiger partial charge is 0.324 e. The molecule has 140 valence electrons. The lowest BCUT2D eigenvalue weighted by Gasteiger charge is -2.18. The minimum Gasteiger partial charge on any atom is -0.481 e. The molecule has 2 aromatic carbocycles. The maximum Gasteiger partial charge on any atom is 0.324 e. The van der Waals surface area contributed by atoms with Gasteiger partial charge < -0.3 is 15.7 Å². The Kier molecular flexibility index (Phi) is 5.07. The number of amidine groups is 1. The second-order valence-corrected chi connectivity index (χ2v) is 6.22. The van der Waals surface area contributed by atoms with Gasteiger partial charge in [0, 0.05) is 25.3 Å².